The average molecular weight is 411 g/mol. The molecule has 0 unspecified atom stereocenters. The Bertz CT molecular complexity index is 498. The minimum absolute atomic E-state index is 1.24. The van der Waals surface area contributed by atoms with Gasteiger partial charge >= 0.3 is 0 Å². The molecule has 106 valence electrons. The summed E-state index contributed by atoms with van der Waals surface area (Å²) in [5, 5.41) is 3.81. The lowest BCUT2D eigenvalue weighted by Gasteiger charge is -2.08. The molecule has 0 nitrogen and oxygen atoms in total. The zero-order valence-corrected chi connectivity index (χ0v) is 16.8. The Morgan fingerprint density at radius 1 is 0.700 bits per heavy atom. The van der Waals surface area contributed by atoms with Crippen LogP contribution in [0.2, 0.25) is 0 Å². The monoisotopic (exact) mass is 410 g/mol. The van der Waals surface area contributed by atoms with Gasteiger partial charge in [-0.3, -0.25) is 0 Å². The second kappa shape index (κ2) is 7.86. The van der Waals surface area contributed by atoms with Crippen LogP contribution in [0.1, 0.15) is 0 Å². The fourth-order valence-corrected chi connectivity index (χ4v) is 12.6. The van der Waals surface area contributed by atoms with E-state index in [1.165, 1.54) is 36.9 Å². The van der Waals surface area contributed by atoms with Crippen molar-refractivity contribution in [1.29, 1.82) is 0 Å². The highest BCUT2D eigenvalue weighted by atomic mass is 32.3. The van der Waals surface area contributed by atoms with Crippen molar-refractivity contribution < 1.29 is 0 Å². The van der Waals surface area contributed by atoms with Gasteiger partial charge in [0.15, 0.2) is 0 Å². The molecule has 3 aliphatic heterocycles. The summed E-state index contributed by atoms with van der Waals surface area (Å²) in [5.41, 5.74) is 0. The van der Waals surface area contributed by atoms with Gasteiger partial charge in [-0.1, -0.05) is 83.7 Å². The fraction of sp³-hybridized carbons (Fsp3) is 0.167. The predicted molar refractivity (Wildman–Crippen MR) is 112 cm³/mol. The van der Waals surface area contributed by atoms with Crippen LogP contribution in [0.25, 0.3) is 0 Å². The van der Waals surface area contributed by atoms with Crippen molar-refractivity contribution in [2.75, 3.05) is 11.5 Å². The van der Waals surface area contributed by atoms with E-state index < -0.39 is 0 Å². The second-order valence-electron chi connectivity index (χ2n) is 3.40. The van der Waals surface area contributed by atoms with Gasteiger partial charge in [-0.05, 0) is 10.8 Å². The Morgan fingerprint density at radius 2 is 1.15 bits per heavy atom. The van der Waals surface area contributed by atoms with Gasteiger partial charge in [-0.25, -0.2) is 0 Å². The molecule has 8 heteroatoms. The third-order valence-electron chi connectivity index (χ3n) is 2.17. The van der Waals surface area contributed by atoms with E-state index in [0.29, 0.717) is 0 Å². The van der Waals surface area contributed by atoms with Gasteiger partial charge in [0.05, 0.1) is 25.4 Å². The van der Waals surface area contributed by atoms with Crippen LogP contribution in [0.15, 0.2) is 49.4 Å². The Morgan fingerprint density at radius 3 is 1.60 bits per heavy atom. The molecule has 0 N–H and O–H groups in total. The molecule has 0 atom stereocenters. The summed E-state index contributed by atoms with van der Waals surface area (Å²) in [7, 11) is 0. The van der Waals surface area contributed by atoms with Crippen molar-refractivity contribution in [2.24, 2.45) is 0 Å². The first-order valence-electron chi connectivity index (χ1n) is 5.56. The van der Waals surface area contributed by atoms with Crippen molar-refractivity contribution in [1.82, 2.24) is 0 Å². The average Bonchev–Trinajstić information content (AvgIpc) is 3.04. The zero-order valence-electron chi connectivity index (χ0n) is 10.2. The van der Waals surface area contributed by atoms with E-state index in [2.05, 4.69) is 13.2 Å². The first-order chi connectivity index (χ1) is 9.81. The predicted octanol–water partition coefficient (Wildman–Crippen LogP) is 7.56. The molecule has 3 heterocycles. The van der Waals surface area contributed by atoms with E-state index in [-0.39, 0.29) is 0 Å². The molecule has 0 aliphatic carbocycles. The molecule has 0 saturated carbocycles. The molecule has 0 spiro atoms. The Hall–Kier alpha value is 1.50. The van der Waals surface area contributed by atoms with Crippen molar-refractivity contribution in [2.45, 2.75) is 0 Å². The van der Waals surface area contributed by atoms with E-state index in [0.717, 1.165) is 0 Å². The number of hydrogen-bond donors (Lipinski definition) is 0. The summed E-state index contributed by atoms with van der Waals surface area (Å²) < 4.78 is 8.57. The topological polar surface area (TPSA) is 0 Å². The van der Waals surface area contributed by atoms with Crippen LogP contribution in [0.3, 0.4) is 0 Å². The number of hydrogen-bond acceptors (Lipinski definition) is 8. The summed E-state index contributed by atoms with van der Waals surface area (Å²) in [4.78, 5) is 0. The first kappa shape index (κ1) is 16.4. The first-order valence-corrected chi connectivity index (χ1v) is 12.6. The molecule has 0 amide bonds. The van der Waals surface area contributed by atoms with Crippen LogP contribution >= 0.6 is 94.1 Å². The normalized spacial score (nSPS) is 22.6. The molecule has 0 bridgehead atoms. The van der Waals surface area contributed by atoms with Crippen LogP contribution < -0.4 is 0 Å². The van der Waals surface area contributed by atoms with Crippen molar-refractivity contribution >= 4 is 94.1 Å². The fourth-order valence-electron chi connectivity index (χ4n) is 1.45. The maximum absolute atomic E-state index is 3.83. The van der Waals surface area contributed by atoms with Crippen molar-refractivity contribution in [3.05, 3.63) is 49.4 Å². The van der Waals surface area contributed by atoms with Gasteiger partial charge in [0.25, 0.3) is 0 Å². The van der Waals surface area contributed by atoms with E-state index in [1.54, 1.807) is 23.5 Å². The third-order valence-corrected chi connectivity index (χ3v) is 13.3. The van der Waals surface area contributed by atoms with E-state index in [1.807, 2.05) is 81.4 Å². The number of thioether (sulfide) groups is 8. The second-order valence-corrected chi connectivity index (χ2v) is 13.2. The molecule has 3 aliphatic rings. The third kappa shape index (κ3) is 3.69. The minimum Gasteiger partial charge on any atom is -0.116 e. The van der Waals surface area contributed by atoms with Crippen LogP contribution in [0.4, 0.5) is 0 Å². The van der Waals surface area contributed by atoms with Gasteiger partial charge < -0.3 is 0 Å². The summed E-state index contributed by atoms with van der Waals surface area (Å²) >= 11 is 15.1. The quantitative estimate of drug-likeness (QED) is 0.459. The van der Waals surface area contributed by atoms with Crippen molar-refractivity contribution in [3.63, 3.8) is 0 Å². The van der Waals surface area contributed by atoms with Crippen LogP contribution in [-0.4, -0.2) is 11.5 Å². The van der Waals surface area contributed by atoms with E-state index in [4.69, 9.17) is 0 Å². The molecular weight excluding hydrogens is 401 g/mol. The number of rotatable bonds is 4. The largest absolute Gasteiger partial charge is 0.116 e. The van der Waals surface area contributed by atoms with Gasteiger partial charge in [0.2, 0.25) is 0 Å². The van der Waals surface area contributed by atoms with Crippen LogP contribution in [0, 0.1) is 0 Å². The summed E-state index contributed by atoms with van der Waals surface area (Å²) in [5.74, 6) is 2.49. The molecule has 3 rings (SSSR count). The molecule has 20 heavy (non-hydrogen) atoms. The Kier molecular flexibility index (Phi) is 6.43. The molecule has 0 aromatic heterocycles. The lowest BCUT2D eigenvalue weighted by atomic mass is 11.0. The SMILES string of the molecule is C=CSC1=C(SC=C)SC(=C2SC3=C(SCCS3)S2)S1. The highest BCUT2D eigenvalue weighted by molar-refractivity contribution is 8.45. The summed E-state index contributed by atoms with van der Waals surface area (Å²) in [6, 6.07) is 0. The van der Waals surface area contributed by atoms with Gasteiger partial charge in [0, 0.05) is 11.5 Å². The van der Waals surface area contributed by atoms with Gasteiger partial charge in [-0.15, -0.1) is 23.5 Å². The molecule has 0 radical (unpaired) electrons. The molecule has 0 aromatic rings. The Labute approximate surface area is 153 Å². The van der Waals surface area contributed by atoms with Crippen LogP contribution in [-0.2, 0) is 0 Å². The van der Waals surface area contributed by atoms with Gasteiger partial charge in [-0.2, -0.15) is 0 Å². The summed E-state index contributed by atoms with van der Waals surface area (Å²) in [6.45, 7) is 7.66. The highest BCUT2D eigenvalue weighted by Crippen LogP contribution is 2.66. The zero-order chi connectivity index (χ0) is 13.9. The van der Waals surface area contributed by atoms with E-state index >= 15 is 0 Å². The minimum atomic E-state index is 1.24. The van der Waals surface area contributed by atoms with Gasteiger partial charge in [0.1, 0.15) is 0 Å². The van der Waals surface area contributed by atoms with Crippen LogP contribution in [0.5, 0.6) is 0 Å². The maximum Gasteiger partial charge on any atom is 0.0718 e. The molecule has 0 aromatic carbocycles. The lowest BCUT2D eigenvalue weighted by molar-refractivity contribution is 1.56. The lowest BCUT2D eigenvalue weighted by Crippen LogP contribution is -1.88. The molecule has 0 fully saturated rings. The standard InChI is InChI=1S/C12H10S8/c1-3-13-7-8(14-4-2)18-11(17-7)12-19-9-10(20-12)16-6-5-15-9/h3-4H,1-2,5-6H2. The smallest absolute Gasteiger partial charge is 0.0718 e. The maximum atomic E-state index is 3.83. The van der Waals surface area contributed by atoms with E-state index in [9.17, 15) is 0 Å². The highest BCUT2D eigenvalue weighted by Gasteiger charge is 2.31. The summed E-state index contributed by atoms with van der Waals surface area (Å²) in [6.07, 6.45) is 0. The molecular formula is C12H10S8. The molecule has 0 saturated heterocycles. The van der Waals surface area contributed by atoms with Crippen molar-refractivity contribution in [3.8, 4) is 0 Å². The Balaban J connectivity index is 1.76.